The minimum atomic E-state index is 0.510. The summed E-state index contributed by atoms with van der Waals surface area (Å²) in [5.41, 5.74) is 1.27. The molecule has 3 nitrogen and oxygen atoms in total. The standard InChI is InChI=1S/C12H20N2OS/c1-8(2)11-10(6-13-3)16-12(14-11)9-4-5-15-7-9/h8-9,13H,4-7H2,1-3H3. The third-order valence-electron chi connectivity index (χ3n) is 2.91. The van der Waals surface area contributed by atoms with Crippen LogP contribution in [-0.2, 0) is 11.3 Å². The Bertz CT molecular complexity index is 343. The lowest BCUT2D eigenvalue weighted by atomic mass is 10.1. The second kappa shape index (κ2) is 5.25. The largest absolute Gasteiger partial charge is 0.381 e. The van der Waals surface area contributed by atoms with E-state index in [1.165, 1.54) is 15.6 Å². The van der Waals surface area contributed by atoms with Gasteiger partial charge in [0.15, 0.2) is 0 Å². The molecule has 2 rings (SSSR count). The van der Waals surface area contributed by atoms with E-state index in [9.17, 15) is 0 Å². The van der Waals surface area contributed by atoms with E-state index in [0.29, 0.717) is 11.8 Å². The monoisotopic (exact) mass is 240 g/mol. The second-order valence-corrected chi connectivity index (χ2v) is 5.72. The summed E-state index contributed by atoms with van der Waals surface area (Å²) < 4.78 is 5.43. The van der Waals surface area contributed by atoms with Crippen molar-refractivity contribution in [1.82, 2.24) is 10.3 Å². The summed E-state index contributed by atoms with van der Waals surface area (Å²) in [6.45, 7) is 7.09. The van der Waals surface area contributed by atoms with Gasteiger partial charge in [0.05, 0.1) is 17.3 Å². The lowest BCUT2D eigenvalue weighted by Gasteiger charge is -2.03. The number of aromatic nitrogens is 1. The van der Waals surface area contributed by atoms with Gasteiger partial charge in [-0.25, -0.2) is 4.98 Å². The summed E-state index contributed by atoms with van der Waals surface area (Å²) in [6.07, 6.45) is 1.13. The zero-order valence-corrected chi connectivity index (χ0v) is 11.1. The Kier molecular flexibility index (Phi) is 3.95. The van der Waals surface area contributed by atoms with Gasteiger partial charge < -0.3 is 10.1 Å². The Morgan fingerprint density at radius 3 is 2.94 bits per heavy atom. The minimum Gasteiger partial charge on any atom is -0.381 e. The number of thiazole rings is 1. The molecule has 0 radical (unpaired) electrons. The first-order chi connectivity index (χ1) is 7.72. The Balaban J connectivity index is 2.22. The highest BCUT2D eigenvalue weighted by Crippen LogP contribution is 2.33. The highest BCUT2D eigenvalue weighted by Gasteiger charge is 2.23. The number of rotatable bonds is 4. The number of hydrogen-bond acceptors (Lipinski definition) is 4. The van der Waals surface area contributed by atoms with Gasteiger partial charge in [-0.1, -0.05) is 13.8 Å². The summed E-state index contributed by atoms with van der Waals surface area (Å²) in [5, 5.41) is 4.49. The Labute approximate surface area is 101 Å². The molecule has 90 valence electrons. The fourth-order valence-corrected chi connectivity index (χ4v) is 3.38. The lowest BCUT2D eigenvalue weighted by Crippen LogP contribution is -2.06. The normalized spacial score (nSPS) is 20.9. The third-order valence-corrected chi connectivity index (χ3v) is 4.14. The molecule has 0 spiro atoms. The van der Waals surface area contributed by atoms with Gasteiger partial charge in [-0.05, 0) is 19.4 Å². The second-order valence-electron chi connectivity index (χ2n) is 4.61. The van der Waals surface area contributed by atoms with Crippen molar-refractivity contribution < 1.29 is 4.74 Å². The summed E-state index contributed by atoms with van der Waals surface area (Å²) in [6, 6.07) is 0. The molecule has 1 aliphatic heterocycles. The van der Waals surface area contributed by atoms with Crippen LogP contribution in [0.2, 0.25) is 0 Å². The van der Waals surface area contributed by atoms with Crippen LogP contribution in [0.4, 0.5) is 0 Å². The number of nitrogens with zero attached hydrogens (tertiary/aromatic N) is 1. The van der Waals surface area contributed by atoms with Crippen LogP contribution in [-0.4, -0.2) is 25.2 Å². The summed E-state index contributed by atoms with van der Waals surface area (Å²) in [7, 11) is 1.99. The molecule has 1 aromatic rings. The van der Waals surface area contributed by atoms with Gasteiger partial charge in [-0.3, -0.25) is 0 Å². The van der Waals surface area contributed by atoms with Crippen molar-refractivity contribution in [3.63, 3.8) is 0 Å². The molecule has 1 N–H and O–H groups in total. The van der Waals surface area contributed by atoms with Crippen LogP contribution in [0.5, 0.6) is 0 Å². The molecule has 1 unspecified atom stereocenters. The first kappa shape index (κ1) is 12.0. The molecule has 1 aliphatic rings. The molecule has 4 heteroatoms. The van der Waals surface area contributed by atoms with Gasteiger partial charge in [0.25, 0.3) is 0 Å². The highest BCUT2D eigenvalue weighted by atomic mass is 32.1. The van der Waals surface area contributed by atoms with E-state index in [0.717, 1.165) is 26.2 Å². The molecule has 0 bridgehead atoms. The smallest absolute Gasteiger partial charge is 0.0986 e. The van der Waals surface area contributed by atoms with Crippen LogP contribution in [0.25, 0.3) is 0 Å². The van der Waals surface area contributed by atoms with E-state index >= 15 is 0 Å². The highest BCUT2D eigenvalue weighted by molar-refractivity contribution is 7.11. The van der Waals surface area contributed by atoms with Crippen LogP contribution in [0.15, 0.2) is 0 Å². The SMILES string of the molecule is CNCc1sc(C2CCOC2)nc1C(C)C. The van der Waals surface area contributed by atoms with E-state index in [1.807, 2.05) is 18.4 Å². The number of hydrogen-bond donors (Lipinski definition) is 1. The third kappa shape index (κ3) is 2.44. The molecule has 0 saturated carbocycles. The minimum absolute atomic E-state index is 0.510. The average molecular weight is 240 g/mol. The van der Waals surface area contributed by atoms with E-state index in [2.05, 4.69) is 19.2 Å². The molecular formula is C12H20N2OS. The fourth-order valence-electron chi connectivity index (χ4n) is 2.02. The Morgan fingerprint density at radius 2 is 2.38 bits per heavy atom. The first-order valence-electron chi connectivity index (χ1n) is 5.94. The quantitative estimate of drug-likeness (QED) is 0.878. The van der Waals surface area contributed by atoms with Crippen molar-refractivity contribution in [2.45, 2.75) is 38.6 Å². The molecule has 1 aromatic heterocycles. The Morgan fingerprint density at radius 1 is 1.56 bits per heavy atom. The maximum Gasteiger partial charge on any atom is 0.0986 e. The van der Waals surface area contributed by atoms with Crippen molar-refractivity contribution >= 4 is 11.3 Å². The maximum absolute atomic E-state index is 5.43. The number of nitrogens with one attached hydrogen (secondary N) is 1. The first-order valence-corrected chi connectivity index (χ1v) is 6.75. The molecule has 0 aliphatic carbocycles. The topological polar surface area (TPSA) is 34.1 Å². The lowest BCUT2D eigenvalue weighted by molar-refractivity contribution is 0.194. The van der Waals surface area contributed by atoms with E-state index < -0.39 is 0 Å². The van der Waals surface area contributed by atoms with Gasteiger partial charge in [0.2, 0.25) is 0 Å². The van der Waals surface area contributed by atoms with Gasteiger partial charge in [-0.15, -0.1) is 11.3 Å². The maximum atomic E-state index is 5.43. The molecule has 1 saturated heterocycles. The van der Waals surface area contributed by atoms with Crippen LogP contribution < -0.4 is 5.32 Å². The predicted octanol–water partition coefficient (Wildman–Crippen LogP) is 2.49. The van der Waals surface area contributed by atoms with Gasteiger partial charge in [0.1, 0.15) is 0 Å². The van der Waals surface area contributed by atoms with Crippen LogP contribution >= 0.6 is 11.3 Å². The van der Waals surface area contributed by atoms with Gasteiger partial charge >= 0.3 is 0 Å². The number of ether oxygens (including phenoxy) is 1. The van der Waals surface area contributed by atoms with Crippen LogP contribution in [0.1, 0.15) is 47.7 Å². The van der Waals surface area contributed by atoms with Crippen molar-refractivity contribution in [2.75, 3.05) is 20.3 Å². The summed E-state index contributed by atoms with van der Waals surface area (Å²) in [5.74, 6) is 1.05. The van der Waals surface area contributed by atoms with Crippen molar-refractivity contribution in [1.29, 1.82) is 0 Å². The van der Waals surface area contributed by atoms with Crippen molar-refractivity contribution in [3.8, 4) is 0 Å². The summed E-state index contributed by atoms with van der Waals surface area (Å²) >= 11 is 1.86. The van der Waals surface area contributed by atoms with E-state index in [-0.39, 0.29) is 0 Å². The molecule has 16 heavy (non-hydrogen) atoms. The Hall–Kier alpha value is -0.450. The summed E-state index contributed by atoms with van der Waals surface area (Å²) in [4.78, 5) is 6.20. The van der Waals surface area contributed by atoms with Crippen LogP contribution in [0, 0.1) is 0 Å². The molecule has 0 amide bonds. The van der Waals surface area contributed by atoms with E-state index in [4.69, 9.17) is 9.72 Å². The zero-order valence-electron chi connectivity index (χ0n) is 10.2. The van der Waals surface area contributed by atoms with Crippen molar-refractivity contribution in [3.05, 3.63) is 15.6 Å². The molecular weight excluding hydrogens is 220 g/mol. The molecule has 2 heterocycles. The fraction of sp³-hybridized carbons (Fsp3) is 0.750. The van der Waals surface area contributed by atoms with Crippen LogP contribution in [0.3, 0.4) is 0 Å². The molecule has 1 atom stereocenters. The molecule has 1 fully saturated rings. The van der Waals surface area contributed by atoms with Gasteiger partial charge in [0, 0.05) is 23.9 Å². The van der Waals surface area contributed by atoms with Gasteiger partial charge in [-0.2, -0.15) is 0 Å². The average Bonchev–Trinajstić information content (AvgIpc) is 2.83. The zero-order chi connectivity index (χ0) is 11.5. The van der Waals surface area contributed by atoms with Crippen molar-refractivity contribution in [2.24, 2.45) is 0 Å². The van der Waals surface area contributed by atoms with E-state index in [1.54, 1.807) is 0 Å². The predicted molar refractivity (Wildman–Crippen MR) is 67.1 cm³/mol. The molecule has 0 aromatic carbocycles.